The van der Waals surface area contributed by atoms with E-state index < -0.39 is 10.0 Å². The van der Waals surface area contributed by atoms with Crippen LogP contribution in [0, 0.1) is 5.41 Å². The maximum atomic E-state index is 13.1. The van der Waals surface area contributed by atoms with E-state index in [-0.39, 0.29) is 16.2 Å². The molecule has 0 radical (unpaired) electrons. The van der Waals surface area contributed by atoms with Crippen LogP contribution >= 0.6 is 0 Å². The third-order valence-corrected chi connectivity index (χ3v) is 6.36. The molecule has 0 atom stereocenters. The summed E-state index contributed by atoms with van der Waals surface area (Å²) in [6.45, 7) is 6.73. The van der Waals surface area contributed by atoms with E-state index in [4.69, 9.17) is 9.66 Å². The standard InChI is InChI=1S/C23H28N4O4S/c1-23(2,3)13-19-20-17(12-18(15-6-7-15)26-22(20)31-27-19)21(28)25-11-10-14-4-8-16(9-5-14)32(24,29)30/h4-5,8-9,12,15H,6-7,10-11,13H2,1-3H3,(H,25,28)(H2,24,29,30). The van der Waals surface area contributed by atoms with Gasteiger partial charge in [0.2, 0.25) is 10.0 Å². The number of rotatable bonds is 7. The summed E-state index contributed by atoms with van der Waals surface area (Å²) in [6.07, 6.45) is 3.36. The summed E-state index contributed by atoms with van der Waals surface area (Å²) in [6, 6.07) is 8.21. The van der Waals surface area contributed by atoms with Crippen LogP contribution in [0.4, 0.5) is 0 Å². The van der Waals surface area contributed by atoms with E-state index >= 15 is 0 Å². The van der Waals surface area contributed by atoms with Gasteiger partial charge in [-0.25, -0.2) is 18.5 Å². The molecule has 8 nitrogen and oxygen atoms in total. The molecule has 32 heavy (non-hydrogen) atoms. The van der Waals surface area contributed by atoms with Crippen molar-refractivity contribution in [2.24, 2.45) is 10.6 Å². The first kappa shape index (κ1) is 22.4. The van der Waals surface area contributed by atoms with Crippen molar-refractivity contribution in [1.82, 2.24) is 15.5 Å². The van der Waals surface area contributed by atoms with Crippen molar-refractivity contribution < 1.29 is 17.7 Å². The Bertz CT molecular complexity index is 1250. The third kappa shape index (κ3) is 5.16. The molecule has 3 aromatic rings. The highest BCUT2D eigenvalue weighted by molar-refractivity contribution is 7.89. The molecule has 0 bridgehead atoms. The van der Waals surface area contributed by atoms with Crippen molar-refractivity contribution in [1.29, 1.82) is 0 Å². The van der Waals surface area contributed by atoms with Gasteiger partial charge in [-0.15, -0.1) is 0 Å². The molecule has 0 aliphatic heterocycles. The fourth-order valence-electron chi connectivity index (χ4n) is 3.68. The van der Waals surface area contributed by atoms with Crippen molar-refractivity contribution >= 4 is 27.0 Å². The average molecular weight is 457 g/mol. The predicted octanol–water partition coefficient (Wildman–Crippen LogP) is 3.31. The van der Waals surface area contributed by atoms with E-state index in [2.05, 4.69) is 36.2 Å². The first-order chi connectivity index (χ1) is 15.0. The van der Waals surface area contributed by atoms with Crippen LogP contribution in [-0.4, -0.2) is 31.0 Å². The highest BCUT2D eigenvalue weighted by Gasteiger charge is 2.29. The zero-order valence-corrected chi connectivity index (χ0v) is 19.3. The molecule has 170 valence electrons. The lowest BCUT2D eigenvalue weighted by atomic mass is 9.89. The zero-order chi connectivity index (χ0) is 23.1. The van der Waals surface area contributed by atoms with E-state index in [0.717, 1.165) is 29.8 Å². The van der Waals surface area contributed by atoms with Gasteiger partial charge in [-0.3, -0.25) is 4.79 Å². The molecule has 1 saturated carbocycles. The summed E-state index contributed by atoms with van der Waals surface area (Å²) in [5.74, 6) is 0.179. The number of carbonyl (C=O) groups excluding carboxylic acids is 1. The summed E-state index contributed by atoms with van der Waals surface area (Å²) in [4.78, 5) is 17.8. The molecule has 2 heterocycles. The Balaban J connectivity index is 1.53. The first-order valence-electron chi connectivity index (χ1n) is 10.7. The normalized spacial score (nSPS) is 14.6. The third-order valence-electron chi connectivity index (χ3n) is 5.43. The molecular weight excluding hydrogens is 428 g/mol. The van der Waals surface area contributed by atoms with Crippen LogP contribution in [0.2, 0.25) is 0 Å². The van der Waals surface area contributed by atoms with Gasteiger partial charge in [0.1, 0.15) is 0 Å². The van der Waals surface area contributed by atoms with Crippen LogP contribution in [0.5, 0.6) is 0 Å². The summed E-state index contributed by atoms with van der Waals surface area (Å²) < 4.78 is 28.3. The number of benzene rings is 1. The van der Waals surface area contributed by atoms with Gasteiger partial charge in [-0.2, -0.15) is 0 Å². The first-order valence-corrected chi connectivity index (χ1v) is 12.2. The molecular formula is C23H28N4O4S. The zero-order valence-electron chi connectivity index (χ0n) is 18.5. The monoisotopic (exact) mass is 456 g/mol. The van der Waals surface area contributed by atoms with E-state index in [1.165, 1.54) is 12.1 Å². The van der Waals surface area contributed by atoms with E-state index in [1.807, 2.05) is 6.07 Å². The van der Waals surface area contributed by atoms with E-state index in [1.54, 1.807) is 12.1 Å². The molecule has 1 aliphatic carbocycles. The second-order valence-electron chi connectivity index (χ2n) is 9.61. The number of aromatic nitrogens is 2. The number of pyridine rings is 1. The Morgan fingerprint density at radius 2 is 1.91 bits per heavy atom. The minimum atomic E-state index is -3.72. The number of primary sulfonamides is 1. The van der Waals surface area contributed by atoms with Crippen LogP contribution in [0.3, 0.4) is 0 Å². The number of amides is 1. The van der Waals surface area contributed by atoms with Gasteiger partial charge in [0.05, 0.1) is 21.5 Å². The number of nitrogens with two attached hydrogens (primary N) is 1. The van der Waals surface area contributed by atoms with Crippen LogP contribution in [0.15, 0.2) is 39.8 Å². The quantitative estimate of drug-likeness (QED) is 0.561. The van der Waals surface area contributed by atoms with Crippen LogP contribution < -0.4 is 10.5 Å². The molecule has 9 heteroatoms. The number of carbonyl (C=O) groups is 1. The van der Waals surface area contributed by atoms with Gasteiger partial charge < -0.3 is 9.84 Å². The molecule has 1 aromatic carbocycles. The molecule has 0 saturated heterocycles. The Labute approximate surface area is 187 Å². The summed E-state index contributed by atoms with van der Waals surface area (Å²) in [5.41, 5.74) is 3.45. The summed E-state index contributed by atoms with van der Waals surface area (Å²) in [7, 11) is -3.72. The topological polar surface area (TPSA) is 128 Å². The fraction of sp³-hybridized carbons (Fsp3) is 0.435. The maximum absolute atomic E-state index is 13.1. The minimum absolute atomic E-state index is 0.0180. The number of hydrogen-bond donors (Lipinski definition) is 2. The van der Waals surface area contributed by atoms with Gasteiger partial charge in [0, 0.05) is 18.2 Å². The van der Waals surface area contributed by atoms with Gasteiger partial charge in [-0.1, -0.05) is 38.1 Å². The largest absolute Gasteiger partial charge is 0.352 e. The lowest BCUT2D eigenvalue weighted by molar-refractivity contribution is 0.0955. The Hall–Kier alpha value is -2.78. The van der Waals surface area contributed by atoms with Gasteiger partial charge in [0.15, 0.2) is 0 Å². The number of hydrogen-bond acceptors (Lipinski definition) is 6. The number of nitrogens with one attached hydrogen (secondary N) is 1. The number of sulfonamides is 1. The van der Waals surface area contributed by atoms with Crippen molar-refractivity contribution in [2.45, 2.75) is 57.3 Å². The molecule has 1 fully saturated rings. The molecule has 0 spiro atoms. The Morgan fingerprint density at radius 1 is 1.22 bits per heavy atom. The molecule has 0 unspecified atom stereocenters. The highest BCUT2D eigenvalue weighted by Crippen LogP contribution is 2.41. The van der Waals surface area contributed by atoms with Crippen molar-refractivity contribution in [3.63, 3.8) is 0 Å². The lowest BCUT2D eigenvalue weighted by Crippen LogP contribution is -2.26. The maximum Gasteiger partial charge on any atom is 0.259 e. The SMILES string of the molecule is CC(C)(C)Cc1noc2nc(C3CC3)cc(C(=O)NCCc3ccc(S(N)(=O)=O)cc3)c12. The van der Waals surface area contributed by atoms with Crippen LogP contribution in [-0.2, 0) is 22.9 Å². The molecule has 1 aliphatic rings. The van der Waals surface area contributed by atoms with E-state index in [0.29, 0.717) is 42.0 Å². The molecule has 4 rings (SSSR count). The van der Waals surface area contributed by atoms with Gasteiger partial charge in [0.25, 0.3) is 11.6 Å². The Morgan fingerprint density at radius 3 is 2.50 bits per heavy atom. The highest BCUT2D eigenvalue weighted by atomic mass is 32.2. The van der Waals surface area contributed by atoms with Crippen molar-refractivity contribution in [2.75, 3.05) is 6.54 Å². The Kier molecular flexibility index (Phi) is 5.81. The van der Waals surface area contributed by atoms with Crippen molar-refractivity contribution in [3.8, 4) is 0 Å². The average Bonchev–Trinajstić information content (AvgIpc) is 3.48. The van der Waals surface area contributed by atoms with Crippen LogP contribution in [0.1, 0.15) is 66.8 Å². The minimum Gasteiger partial charge on any atom is -0.352 e. The fourth-order valence-corrected chi connectivity index (χ4v) is 4.20. The lowest BCUT2D eigenvalue weighted by Gasteiger charge is -2.16. The van der Waals surface area contributed by atoms with Gasteiger partial charge in [-0.05, 0) is 54.9 Å². The second kappa shape index (κ2) is 8.29. The molecule has 3 N–H and O–H groups in total. The predicted molar refractivity (Wildman–Crippen MR) is 121 cm³/mol. The smallest absolute Gasteiger partial charge is 0.259 e. The van der Waals surface area contributed by atoms with Crippen molar-refractivity contribution in [3.05, 3.63) is 52.8 Å². The second-order valence-corrected chi connectivity index (χ2v) is 11.2. The van der Waals surface area contributed by atoms with Gasteiger partial charge >= 0.3 is 0 Å². The molecule has 1 amide bonds. The summed E-state index contributed by atoms with van der Waals surface area (Å²) in [5, 5.41) is 13.0. The number of nitrogens with zero attached hydrogens (tertiary/aromatic N) is 2. The summed E-state index contributed by atoms with van der Waals surface area (Å²) >= 11 is 0. The molecule has 2 aromatic heterocycles. The number of fused-ring (bicyclic) bond motifs is 1. The van der Waals surface area contributed by atoms with Crippen LogP contribution in [0.25, 0.3) is 11.1 Å². The van der Waals surface area contributed by atoms with E-state index in [9.17, 15) is 13.2 Å².